The van der Waals surface area contributed by atoms with Gasteiger partial charge in [0.15, 0.2) is 11.5 Å². The summed E-state index contributed by atoms with van der Waals surface area (Å²) in [5, 5.41) is 2.64. The first kappa shape index (κ1) is 20.3. The number of anilines is 2. The summed E-state index contributed by atoms with van der Waals surface area (Å²) in [6.45, 7) is 8.89. The fourth-order valence-corrected chi connectivity index (χ4v) is 2.68. The van der Waals surface area contributed by atoms with E-state index in [-0.39, 0.29) is 0 Å². The molecule has 0 saturated carbocycles. The van der Waals surface area contributed by atoms with E-state index < -0.39 is 11.8 Å². The van der Waals surface area contributed by atoms with Crippen molar-refractivity contribution in [2.75, 3.05) is 30.0 Å². The van der Waals surface area contributed by atoms with Crippen LogP contribution < -0.4 is 19.7 Å². The Morgan fingerprint density at radius 2 is 1.67 bits per heavy atom. The lowest BCUT2D eigenvalue weighted by Gasteiger charge is -2.21. The molecular formula is C21H26N2O4. The van der Waals surface area contributed by atoms with Gasteiger partial charge in [-0.1, -0.05) is 12.1 Å². The minimum absolute atomic E-state index is 0.392. The van der Waals surface area contributed by atoms with E-state index in [0.717, 1.165) is 5.56 Å². The molecule has 0 heterocycles. The Kier molecular flexibility index (Phi) is 7.23. The fraction of sp³-hybridized carbons (Fsp3) is 0.333. The molecular weight excluding hydrogens is 344 g/mol. The molecule has 2 amide bonds. The number of benzene rings is 2. The van der Waals surface area contributed by atoms with E-state index in [9.17, 15) is 9.59 Å². The molecule has 0 aliphatic heterocycles. The molecule has 144 valence electrons. The lowest BCUT2D eigenvalue weighted by Crippen LogP contribution is -2.39. The number of aryl methyl sites for hydroxylation is 1. The molecule has 6 nitrogen and oxygen atoms in total. The second-order valence-corrected chi connectivity index (χ2v) is 5.87. The van der Waals surface area contributed by atoms with Crippen LogP contribution in [0.15, 0.2) is 42.5 Å². The van der Waals surface area contributed by atoms with Crippen LogP contribution in [0.2, 0.25) is 0 Å². The van der Waals surface area contributed by atoms with Crippen molar-refractivity contribution < 1.29 is 19.1 Å². The van der Waals surface area contributed by atoms with E-state index in [4.69, 9.17) is 9.47 Å². The molecule has 2 aromatic carbocycles. The van der Waals surface area contributed by atoms with Crippen molar-refractivity contribution in [3.63, 3.8) is 0 Å². The Labute approximate surface area is 160 Å². The van der Waals surface area contributed by atoms with Crippen LogP contribution in [-0.4, -0.2) is 31.6 Å². The number of carbonyl (C=O) groups is 2. The smallest absolute Gasteiger partial charge is 0.316 e. The van der Waals surface area contributed by atoms with Crippen molar-refractivity contribution in [3.05, 3.63) is 48.0 Å². The summed E-state index contributed by atoms with van der Waals surface area (Å²) in [4.78, 5) is 26.5. The van der Waals surface area contributed by atoms with Gasteiger partial charge < -0.3 is 19.7 Å². The summed E-state index contributed by atoms with van der Waals surface area (Å²) in [6, 6.07) is 12.5. The van der Waals surface area contributed by atoms with Gasteiger partial charge in [0.1, 0.15) is 0 Å². The fourth-order valence-electron chi connectivity index (χ4n) is 2.68. The van der Waals surface area contributed by atoms with Crippen LogP contribution in [0.4, 0.5) is 11.4 Å². The van der Waals surface area contributed by atoms with Gasteiger partial charge in [-0.15, -0.1) is 0 Å². The molecule has 0 aliphatic rings. The first-order valence-corrected chi connectivity index (χ1v) is 9.09. The molecule has 2 aromatic rings. The van der Waals surface area contributed by atoms with E-state index in [1.54, 1.807) is 18.2 Å². The number of likely N-dealkylation sites (N-methyl/N-ethyl adjacent to an activating group) is 1. The Morgan fingerprint density at radius 1 is 0.963 bits per heavy atom. The first-order valence-electron chi connectivity index (χ1n) is 9.09. The van der Waals surface area contributed by atoms with Crippen LogP contribution in [0.1, 0.15) is 26.3 Å². The van der Waals surface area contributed by atoms with Crippen molar-refractivity contribution in [1.82, 2.24) is 0 Å². The minimum Gasteiger partial charge on any atom is -0.490 e. The monoisotopic (exact) mass is 370 g/mol. The van der Waals surface area contributed by atoms with Crippen LogP contribution >= 0.6 is 0 Å². The van der Waals surface area contributed by atoms with Crippen molar-refractivity contribution in [3.8, 4) is 11.5 Å². The van der Waals surface area contributed by atoms with Gasteiger partial charge in [-0.25, -0.2) is 0 Å². The molecule has 0 aromatic heterocycles. The first-order chi connectivity index (χ1) is 13.0. The Morgan fingerprint density at radius 3 is 2.30 bits per heavy atom. The quantitative estimate of drug-likeness (QED) is 0.753. The maximum Gasteiger partial charge on any atom is 0.316 e. The summed E-state index contributed by atoms with van der Waals surface area (Å²) in [5.74, 6) is -0.200. The van der Waals surface area contributed by atoms with E-state index in [1.807, 2.05) is 52.0 Å². The van der Waals surface area contributed by atoms with Gasteiger partial charge in [0.25, 0.3) is 0 Å². The van der Waals surface area contributed by atoms with Gasteiger partial charge in [0.05, 0.1) is 13.2 Å². The van der Waals surface area contributed by atoms with E-state index in [1.165, 1.54) is 4.90 Å². The molecule has 0 atom stereocenters. The molecule has 0 aliphatic carbocycles. The average Bonchev–Trinajstić information content (AvgIpc) is 2.65. The van der Waals surface area contributed by atoms with Gasteiger partial charge in [-0.05, 0) is 57.5 Å². The van der Waals surface area contributed by atoms with E-state index in [0.29, 0.717) is 42.6 Å². The summed E-state index contributed by atoms with van der Waals surface area (Å²) in [5.41, 5.74) is 2.19. The summed E-state index contributed by atoms with van der Waals surface area (Å²) in [7, 11) is 0. The minimum atomic E-state index is -0.704. The molecule has 6 heteroatoms. The maximum absolute atomic E-state index is 12.6. The molecule has 0 radical (unpaired) electrons. The molecule has 0 fully saturated rings. The van der Waals surface area contributed by atoms with Gasteiger partial charge >= 0.3 is 11.8 Å². The van der Waals surface area contributed by atoms with Crippen LogP contribution in [0, 0.1) is 6.92 Å². The van der Waals surface area contributed by atoms with Gasteiger partial charge in [-0.3, -0.25) is 9.59 Å². The lowest BCUT2D eigenvalue weighted by molar-refractivity contribution is -0.134. The van der Waals surface area contributed by atoms with Crippen molar-refractivity contribution in [1.29, 1.82) is 0 Å². The third-order valence-corrected chi connectivity index (χ3v) is 3.87. The predicted molar refractivity (Wildman–Crippen MR) is 107 cm³/mol. The Hall–Kier alpha value is -3.02. The van der Waals surface area contributed by atoms with Crippen LogP contribution in [0.5, 0.6) is 11.5 Å². The van der Waals surface area contributed by atoms with Gasteiger partial charge in [0.2, 0.25) is 0 Å². The number of nitrogens with one attached hydrogen (secondary N) is 1. The second-order valence-electron chi connectivity index (χ2n) is 5.87. The molecule has 0 bridgehead atoms. The number of carbonyl (C=O) groups excluding carboxylic acids is 2. The topological polar surface area (TPSA) is 67.9 Å². The van der Waals surface area contributed by atoms with Gasteiger partial charge in [-0.2, -0.15) is 0 Å². The largest absolute Gasteiger partial charge is 0.490 e. The highest BCUT2D eigenvalue weighted by atomic mass is 16.5. The zero-order valence-electron chi connectivity index (χ0n) is 16.2. The molecule has 0 unspecified atom stereocenters. The summed E-state index contributed by atoms with van der Waals surface area (Å²) < 4.78 is 11.1. The lowest BCUT2D eigenvalue weighted by atomic mass is 10.2. The Balaban J connectivity index is 2.17. The predicted octanol–water partition coefficient (Wildman–Crippen LogP) is 3.78. The maximum atomic E-state index is 12.6. The SMILES string of the molecule is CCOc1ccc(NC(=O)C(=O)N(CC)c2cccc(C)c2)cc1OCC. The van der Waals surface area contributed by atoms with E-state index >= 15 is 0 Å². The number of ether oxygens (including phenoxy) is 2. The van der Waals surface area contributed by atoms with Crippen molar-refractivity contribution in [2.24, 2.45) is 0 Å². The zero-order chi connectivity index (χ0) is 19.8. The molecule has 0 spiro atoms. The number of nitrogens with zero attached hydrogens (tertiary/aromatic N) is 1. The van der Waals surface area contributed by atoms with Crippen LogP contribution in [0.25, 0.3) is 0 Å². The molecule has 1 N–H and O–H groups in total. The normalized spacial score (nSPS) is 10.2. The van der Waals surface area contributed by atoms with Crippen LogP contribution in [-0.2, 0) is 9.59 Å². The molecule has 0 saturated heterocycles. The molecule has 27 heavy (non-hydrogen) atoms. The highest BCUT2D eigenvalue weighted by Crippen LogP contribution is 2.30. The third kappa shape index (κ3) is 5.23. The highest BCUT2D eigenvalue weighted by Gasteiger charge is 2.22. The molecule has 2 rings (SSSR count). The number of rotatable bonds is 7. The van der Waals surface area contributed by atoms with Crippen LogP contribution in [0.3, 0.4) is 0 Å². The second kappa shape index (κ2) is 9.62. The summed E-state index contributed by atoms with van der Waals surface area (Å²) >= 11 is 0. The van der Waals surface area contributed by atoms with Crippen molar-refractivity contribution in [2.45, 2.75) is 27.7 Å². The summed E-state index contributed by atoms with van der Waals surface area (Å²) in [6.07, 6.45) is 0. The standard InChI is InChI=1S/C21H26N2O4/c1-5-23(17-10-8-9-15(4)13-17)21(25)20(24)22-16-11-12-18(26-6-2)19(14-16)27-7-3/h8-14H,5-7H2,1-4H3,(H,22,24). The average molecular weight is 370 g/mol. The van der Waals surface area contributed by atoms with Crippen molar-refractivity contribution >= 4 is 23.2 Å². The number of hydrogen-bond donors (Lipinski definition) is 1. The third-order valence-electron chi connectivity index (χ3n) is 3.87. The Bertz CT molecular complexity index is 805. The van der Waals surface area contributed by atoms with Gasteiger partial charge in [0, 0.05) is 24.0 Å². The number of amides is 2. The highest BCUT2D eigenvalue weighted by molar-refractivity contribution is 6.44. The zero-order valence-corrected chi connectivity index (χ0v) is 16.2. The van der Waals surface area contributed by atoms with E-state index in [2.05, 4.69) is 5.32 Å². The number of hydrogen-bond acceptors (Lipinski definition) is 4.